The first-order valence-corrected chi connectivity index (χ1v) is 7.33. The molecule has 0 amide bonds. The van der Waals surface area contributed by atoms with Crippen molar-refractivity contribution in [1.29, 1.82) is 0 Å². The topological polar surface area (TPSA) is 22.1 Å². The van der Waals surface area contributed by atoms with Crippen molar-refractivity contribution in [1.82, 2.24) is 4.98 Å². The summed E-state index contributed by atoms with van der Waals surface area (Å²) in [7, 11) is 1.68. The minimum absolute atomic E-state index is 0.802. The first-order chi connectivity index (χ1) is 8.21. The summed E-state index contributed by atoms with van der Waals surface area (Å²) in [5.41, 5.74) is 3.53. The summed E-state index contributed by atoms with van der Waals surface area (Å²) in [6.45, 7) is 2.16. The van der Waals surface area contributed by atoms with E-state index in [0.29, 0.717) is 0 Å². The Hall–Kier alpha value is -0.610. The van der Waals surface area contributed by atoms with Gasteiger partial charge in [-0.25, -0.2) is 4.98 Å². The molecule has 1 heterocycles. The summed E-state index contributed by atoms with van der Waals surface area (Å²) < 4.78 is 6.19. The van der Waals surface area contributed by atoms with Gasteiger partial charge in [-0.2, -0.15) is 0 Å². The van der Waals surface area contributed by atoms with Crippen molar-refractivity contribution < 1.29 is 4.74 Å². The van der Waals surface area contributed by atoms with Gasteiger partial charge in [-0.3, -0.25) is 0 Å². The second-order valence-electron chi connectivity index (χ2n) is 3.73. The Bertz CT molecular complexity index is 555. The molecule has 0 aliphatic rings. The Morgan fingerprint density at radius 3 is 2.65 bits per heavy atom. The first-order valence-electron chi connectivity index (χ1n) is 5.42. The minimum Gasteiger partial charge on any atom is -0.497 e. The Morgan fingerprint density at radius 1 is 1.29 bits per heavy atom. The molecule has 0 aliphatic heterocycles. The van der Waals surface area contributed by atoms with Gasteiger partial charge in [-0.15, -0.1) is 0 Å². The molecule has 4 heteroatoms. The average molecular weight is 359 g/mol. The summed E-state index contributed by atoms with van der Waals surface area (Å²) in [5.74, 6) is 0.872. The van der Waals surface area contributed by atoms with Crippen molar-refractivity contribution in [3.8, 4) is 5.75 Å². The largest absolute Gasteiger partial charge is 0.497 e. The maximum absolute atomic E-state index is 5.27. The molecule has 2 rings (SSSR count). The molecule has 90 valence electrons. The smallest absolute Gasteiger partial charge is 0.119 e. The van der Waals surface area contributed by atoms with Gasteiger partial charge < -0.3 is 4.74 Å². The van der Waals surface area contributed by atoms with Crippen molar-refractivity contribution in [3.05, 3.63) is 33.9 Å². The van der Waals surface area contributed by atoms with Gasteiger partial charge >= 0.3 is 0 Å². The van der Waals surface area contributed by atoms with Crippen molar-refractivity contribution in [2.75, 3.05) is 7.11 Å². The van der Waals surface area contributed by atoms with Crippen molar-refractivity contribution >= 4 is 42.8 Å². The van der Waals surface area contributed by atoms with Crippen LogP contribution in [0.1, 0.15) is 18.1 Å². The zero-order valence-electron chi connectivity index (χ0n) is 9.76. The number of hydrogen-bond acceptors (Lipinski definition) is 2. The molecule has 0 fully saturated rings. The van der Waals surface area contributed by atoms with Crippen molar-refractivity contribution in [2.45, 2.75) is 18.7 Å². The van der Waals surface area contributed by atoms with Crippen LogP contribution < -0.4 is 4.74 Å². The molecular formula is C13H13Br2NO. The van der Waals surface area contributed by atoms with Crippen molar-refractivity contribution in [3.63, 3.8) is 0 Å². The van der Waals surface area contributed by atoms with E-state index < -0.39 is 0 Å². The molecule has 0 aliphatic carbocycles. The van der Waals surface area contributed by atoms with Gasteiger partial charge in [0.25, 0.3) is 0 Å². The van der Waals surface area contributed by atoms with Gasteiger partial charge in [0, 0.05) is 10.7 Å². The van der Waals surface area contributed by atoms with E-state index in [9.17, 15) is 0 Å². The highest BCUT2D eigenvalue weighted by molar-refractivity contribution is 9.10. The fraction of sp³-hybridized carbons (Fsp3) is 0.308. The predicted octanol–water partition coefficient (Wildman–Crippen LogP) is 4.46. The summed E-state index contributed by atoms with van der Waals surface area (Å²) >= 11 is 7.05. The van der Waals surface area contributed by atoms with E-state index in [1.807, 2.05) is 12.1 Å². The van der Waals surface area contributed by atoms with Gasteiger partial charge in [0.15, 0.2) is 0 Å². The summed E-state index contributed by atoms with van der Waals surface area (Å²) in [6.07, 6.45) is 0.978. The number of fused-ring (bicyclic) bond motifs is 1. The standard InChI is InChI=1S/C13H13Br2NO/c1-3-9-10-6-8(17-2)4-5-12(10)16-13(15)11(9)7-14/h4-6H,3,7H2,1-2H3. The number of aromatic nitrogens is 1. The number of aryl methyl sites for hydroxylation is 1. The third-order valence-corrected chi connectivity index (χ3v) is 4.06. The fourth-order valence-electron chi connectivity index (χ4n) is 1.98. The van der Waals surface area contributed by atoms with Gasteiger partial charge in [0.1, 0.15) is 10.4 Å². The molecule has 0 bridgehead atoms. The normalized spacial score (nSPS) is 10.8. The van der Waals surface area contributed by atoms with E-state index in [1.165, 1.54) is 16.5 Å². The Balaban J connectivity index is 2.80. The monoisotopic (exact) mass is 357 g/mol. The SMILES string of the molecule is CCc1c(CBr)c(Br)nc2ccc(OC)cc12. The summed E-state index contributed by atoms with van der Waals surface area (Å²) in [4.78, 5) is 4.56. The average Bonchev–Trinajstić information content (AvgIpc) is 2.36. The maximum atomic E-state index is 5.27. The van der Waals surface area contributed by atoms with E-state index in [0.717, 1.165) is 27.6 Å². The highest BCUT2D eigenvalue weighted by Gasteiger charge is 2.11. The lowest BCUT2D eigenvalue weighted by Crippen LogP contribution is -1.97. The van der Waals surface area contributed by atoms with Gasteiger partial charge in [0.05, 0.1) is 12.6 Å². The molecular weight excluding hydrogens is 346 g/mol. The molecule has 1 aromatic carbocycles. The quantitative estimate of drug-likeness (QED) is 0.596. The molecule has 0 atom stereocenters. The maximum Gasteiger partial charge on any atom is 0.119 e. The molecule has 2 aromatic rings. The van der Waals surface area contributed by atoms with Crippen LogP contribution in [0.15, 0.2) is 22.8 Å². The van der Waals surface area contributed by atoms with Crippen LogP contribution in [0.3, 0.4) is 0 Å². The zero-order valence-corrected chi connectivity index (χ0v) is 12.9. The molecule has 2 nitrogen and oxygen atoms in total. The predicted molar refractivity (Wildman–Crippen MR) is 78.0 cm³/mol. The molecule has 1 aromatic heterocycles. The number of benzene rings is 1. The number of methoxy groups -OCH3 is 1. The summed E-state index contributed by atoms with van der Waals surface area (Å²) in [5, 5.41) is 1.97. The van der Waals surface area contributed by atoms with Crippen LogP contribution in [-0.2, 0) is 11.8 Å². The number of pyridine rings is 1. The highest BCUT2D eigenvalue weighted by atomic mass is 79.9. The molecule has 0 radical (unpaired) electrons. The number of hydrogen-bond donors (Lipinski definition) is 0. The van der Waals surface area contributed by atoms with Crippen LogP contribution in [-0.4, -0.2) is 12.1 Å². The van der Waals surface area contributed by atoms with Gasteiger partial charge in [0.2, 0.25) is 0 Å². The molecule has 0 saturated carbocycles. The van der Waals surface area contributed by atoms with Crippen LogP contribution in [0.5, 0.6) is 5.75 Å². The van der Waals surface area contributed by atoms with Crippen LogP contribution in [0.25, 0.3) is 10.9 Å². The van der Waals surface area contributed by atoms with E-state index in [-0.39, 0.29) is 0 Å². The first kappa shape index (κ1) is 12.8. The lowest BCUT2D eigenvalue weighted by atomic mass is 10.0. The Morgan fingerprint density at radius 2 is 2.06 bits per heavy atom. The second-order valence-corrected chi connectivity index (χ2v) is 5.04. The van der Waals surface area contributed by atoms with E-state index in [1.54, 1.807) is 7.11 Å². The van der Waals surface area contributed by atoms with Crippen LogP contribution in [0.4, 0.5) is 0 Å². The molecule has 0 N–H and O–H groups in total. The van der Waals surface area contributed by atoms with Crippen LogP contribution in [0.2, 0.25) is 0 Å². The van der Waals surface area contributed by atoms with E-state index in [4.69, 9.17) is 4.74 Å². The number of halogens is 2. The number of ether oxygens (including phenoxy) is 1. The molecule has 0 saturated heterocycles. The Labute approximate surface area is 118 Å². The number of rotatable bonds is 3. The number of nitrogens with zero attached hydrogens (tertiary/aromatic N) is 1. The third kappa shape index (κ3) is 2.33. The molecule has 0 unspecified atom stereocenters. The van der Waals surface area contributed by atoms with Crippen LogP contribution in [0, 0.1) is 0 Å². The molecule has 0 spiro atoms. The third-order valence-electron chi connectivity index (χ3n) is 2.85. The lowest BCUT2D eigenvalue weighted by Gasteiger charge is -2.12. The highest BCUT2D eigenvalue weighted by Crippen LogP contribution is 2.31. The van der Waals surface area contributed by atoms with Crippen molar-refractivity contribution in [2.24, 2.45) is 0 Å². The fourth-order valence-corrected chi connectivity index (χ4v) is 3.53. The van der Waals surface area contributed by atoms with Gasteiger partial charge in [-0.05, 0) is 51.7 Å². The van der Waals surface area contributed by atoms with Gasteiger partial charge in [-0.1, -0.05) is 22.9 Å². The van der Waals surface area contributed by atoms with E-state index in [2.05, 4.69) is 49.8 Å². The van der Waals surface area contributed by atoms with E-state index >= 15 is 0 Å². The summed E-state index contributed by atoms with van der Waals surface area (Å²) in [6, 6.07) is 5.99. The Kier molecular flexibility index (Phi) is 4.05. The zero-order chi connectivity index (χ0) is 12.4. The minimum atomic E-state index is 0.802. The number of alkyl halides is 1. The molecule has 17 heavy (non-hydrogen) atoms. The van der Waals surface area contributed by atoms with Crippen LogP contribution >= 0.6 is 31.9 Å². The lowest BCUT2D eigenvalue weighted by molar-refractivity contribution is 0.415. The second kappa shape index (κ2) is 5.36.